The van der Waals surface area contributed by atoms with E-state index in [9.17, 15) is 0 Å². The summed E-state index contributed by atoms with van der Waals surface area (Å²) in [5.74, 6) is 0. The van der Waals surface area contributed by atoms with Gasteiger partial charge in [0.2, 0.25) is 0 Å². The number of benzene rings is 6. The fourth-order valence-electron chi connectivity index (χ4n) is 6.37. The molecule has 50 heavy (non-hydrogen) atoms. The van der Waals surface area contributed by atoms with Crippen molar-refractivity contribution in [2.24, 2.45) is 0 Å². The fourth-order valence-corrected chi connectivity index (χ4v) is 10.2. The topological polar surface area (TPSA) is 0 Å². The SMILES string of the molecule is CC(C)(C)c1[c-]c2c(cc1)-c1ccccc1C2.CC(C)(C)c1[c-]c2c(cc1)-c1ccccc1C2.[Cl-].[Cl-].[Zr+2]=[Si](c1ccccc1)c1ccccc1. The van der Waals surface area contributed by atoms with Crippen LogP contribution in [0.1, 0.15) is 74.9 Å². The Morgan fingerprint density at radius 1 is 0.440 bits per heavy atom. The van der Waals surface area contributed by atoms with Gasteiger partial charge in [0.15, 0.2) is 0 Å². The summed E-state index contributed by atoms with van der Waals surface area (Å²) in [7, 11) is 0. The molecule has 6 aromatic rings. The van der Waals surface area contributed by atoms with Crippen LogP contribution < -0.4 is 35.2 Å². The number of halogens is 2. The summed E-state index contributed by atoms with van der Waals surface area (Å²) in [5, 5.41) is 3.03. The molecule has 0 heterocycles. The third-order valence-electron chi connectivity index (χ3n) is 9.15. The van der Waals surface area contributed by atoms with Crippen LogP contribution in [0, 0.1) is 12.1 Å². The predicted molar refractivity (Wildman–Crippen MR) is 202 cm³/mol. The number of rotatable bonds is 2. The number of fused-ring (bicyclic) bond motifs is 6. The van der Waals surface area contributed by atoms with E-state index in [-0.39, 0.29) is 35.6 Å². The van der Waals surface area contributed by atoms with Crippen LogP contribution in [0.4, 0.5) is 0 Å². The molecular weight excluding hydrogens is 743 g/mol. The summed E-state index contributed by atoms with van der Waals surface area (Å²) >= 11 is 1.64. The monoisotopic (exact) mass is 784 g/mol. The fraction of sp³-hybridized carbons (Fsp3) is 0.217. The van der Waals surface area contributed by atoms with Gasteiger partial charge in [-0.3, -0.25) is 0 Å². The van der Waals surface area contributed by atoms with Crippen molar-refractivity contribution in [3.8, 4) is 22.3 Å². The Morgan fingerprint density at radius 2 is 0.780 bits per heavy atom. The number of hydrogen-bond acceptors (Lipinski definition) is 0. The molecule has 2 aliphatic carbocycles. The third kappa shape index (κ3) is 9.26. The molecular formula is C46H44Cl2SiZr-2. The number of hydrogen-bond donors (Lipinski definition) is 0. The molecule has 0 spiro atoms. The Kier molecular flexibility index (Phi) is 13.5. The van der Waals surface area contributed by atoms with Gasteiger partial charge in [0.05, 0.1) is 0 Å². The van der Waals surface area contributed by atoms with Gasteiger partial charge in [-0.2, -0.15) is 47.5 Å². The molecule has 0 saturated carbocycles. The first-order chi connectivity index (χ1) is 23.0. The molecule has 0 saturated heterocycles. The first kappa shape index (κ1) is 39.8. The van der Waals surface area contributed by atoms with Crippen LogP contribution in [0.2, 0.25) is 0 Å². The van der Waals surface area contributed by atoms with E-state index >= 15 is 0 Å². The van der Waals surface area contributed by atoms with Crippen LogP contribution in [0.25, 0.3) is 22.3 Å². The summed E-state index contributed by atoms with van der Waals surface area (Å²) in [6.07, 6.45) is 2.07. The minimum absolute atomic E-state index is 0. The molecule has 0 bridgehead atoms. The van der Waals surface area contributed by atoms with Crippen LogP contribution in [0.5, 0.6) is 0 Å². The Labute approximate surface area is 328 Å². The molecule has 0 radical (unpaired) electrons. The van der Waals surface area contributed by atoms with E-state index in [1.807, 2.05) is 0 Å². The normalized spacial score (nSPS) is 11.8. The Morgan fingerprint density at radius 3 is 1.14 bits per heavy atom. The minimum atomic E-state index is -0.455. The summed E-state index contributed by atoms with van der Waals surface area (Å²) < 4.78 is 0. The van der Waals surface area contributed by atoms with Gasteiger partial charge in [0.1, 0.15) is 0 Å². The van der Waals surface area contributed by atoms with Crippen molar-refractivity contribution in [2.45, 2.75) is 65.2 Å². The first-order valence-electron chi connectivity index (χ1n) is 17.0. The molecule has 0 amide bonds. The molecule has 0 aliphatic heterocycles. The standard InChI is InChI=1S/2C17H17.C12H10Si.2ClH.Zr/c2*1-17(2,3)14-8-9-16-13(11-14)10-12-6-4-5-7-15(12)16;1-3-7-11(8-4-1)13-12-9-5-2-6-10-12;;;/h2*4-9H,10H2,1-3H3;1-10H;2*1H;/q2*-1;;;;+2/p-2. The van der Waals surface area contributed by atoms with Gasteiger partial charge >= 0.3 is 99.8 Å². The van der Waals surface area contributed by atoms with Gasteiger partial charge in [-0.1, -0.05) is 112 Å². The van der Waals surface area contributed by atoms with Crippen molar-refractivity contribution < 1.29 is 48.1 Å². The molecule has 0 aromatic heterocycles. The van der Waals surface area contributed by atoms with E-state index in [0.717, 1.165) is 12.8 Å². The summed E-state index contributed by atoms with van der Waals surface area (Å²) in [4.78, 5) is 0. The molecule has 252 valence electrons. The van der Waals surface area contributed by atoms with Crippen LogP contribution in [0.3, 0.4) is 0 Å². The summed E-state index contributed by atoms with van der Waals surface area (Å²) in [5.41, 5.74) is 13.6. The van der Waals surface area contributed by atoms with E-state index in [1.165, 1.54) is 66.0 Å². The van der Waals surface area contributed by atoms with Gasteiger partial charge in [0.25, 0.3) is 0 Å². The van der Waals surface area contributed by atoms with Gasteiger partial charge in [-0.25, -0.2) is 0 Å². The predicted octanol–water partition coefficient (Wildman–Crippen LogP) is 4.06. The van der Waals surface area contributed by atoms with E-state index in [1.54, 1.807) is 23.3 Å². The zero-order chi connectivity index (χ0) is 33.9. The molecule has 0 atom stereocenters. The van der Waals surface area contributed by atoms with Crippen molar-refractivity contribution >= 4 is 15.8 Å². The maximum absolute atomic E-state index is 3.61. The maximum atomic E-state index is 3.61. The average Bonchev–Trinajstić information content (AvgIpc) is 3.66. The third-order valence-corrected chi connectivity index (χ3v) is 15.2. The van der Waals surface area contributed by atoms with E-state index in [2.05, 4.69) is 187 Å². The molecule has 2 aliphatic rings. The zero-order valence-electron chi connectivity index (χ0n) is 29.9. The first-order valence-corrected chi connectivity index (χ1v) is 22.1. The van der Waals surface area contributed by atoms with Crippen molar-refractivity contribution in [2.75, 3.05) is 0 Å². The van der Waals surface area contributed by atoms with E-state index < -0.39 is 5.43 Å². The van der Waals surface area contributed by atoms with Crippen LogP contribution in [-0.2, 0) is 47.0 Å². The van der Waals surface area contributed by atoms with E-state index in [0.29, 0.717) is 0 Å². The molecule has 0 unspecified atom stereocenters. The van der Waals surface area contributed by atoms with Gasteiger partial charge < -0.3 is 24.8 Å². The molecule has 4 heteroatoms. The second kappa shape index (κ2) is 17.0. The van der Waals surface area contributed by atoms with E-state index in [4.69, 9.17) is 0 Å². The zero-order valence-corrected chi connectivity index (χ0v) is 34.8. The molecule has 0 nitrogen and oxygen atoms in total. The van der Waals surface area contributed by atoms with Gasteiger partial charge in [-0.15, -0.1) is 22.3 Å². The van der Waals surface area contributed by atoms with Crippen molar-refractivity contribution in [1.82, 2.24) is 0 Å². The Hall–Kier alpha value is -3.00. The van der Waals surface area contributed by atoms with Crippen molar-refractivity contribution in [3.63, 3.8) is 0 Å². The second-order valence-corrected chi connectivity index (χ2v) is 20.4. The molecule has 0 fully saturated rings. The van der Waals surface area contributed by atoms with Crippen molar-refractivity contribution in [3.05, 3.63) is 179 Å². The quantitative estimate of drug-likeness (QED) is 0.184. The molecule has 8 rings (SSSR count). The van der Waals surface area contributed by atoms with Gasteiger partial charge in [-0.05, 0) is 23.7 Å². The Balaban J connectivity index is 0.000000166. The van der Waals surface area contributed by atoms with Crippen LogP contribution in [-0.4, -0.2) is 5.43 Å². The molecule has 6 aromatic carbocycles. The average molecular weight is 787 g/mol. The second-order valence-electron chi connectivity index (χ2n) is 14.8. The van der Waals surface area contributed by atoms with Crippen LogP contribution in [0.15, 0.2) is 133 Å². The van der Waals surface area contributed by atoms with Gasteiger partial charge in [0, 0.05) is 0 Å². The Bertz CT molecular complexity index is 1910. The summed E-state index contributed by atoms with van der Waals surface area (Å²) in [6, 6.07) is 55.2. The van der Waals surface area contributed by atoms with Crippen molar-refractivity contribution in [1.29, 1.82) is 0 Å². The molecule has 0 N–H and O–H groups in total. The summed E-state index contributed by atoms with van der Waals surface area (Å²) in [6.45, 7) is 13.5. The van der Waals surface area contributed by atoms with Crippen LogP contribution >= 0.6 is 0 Å².